The van der Waals surface area contributed by atoms with E-state index >= 15 is 0 Å². The van der Waals surface area contributed by atoms with Gasteiger partial charge in [-0.2, -0.15) is 0 Å². The van der Waals surface area contributed by atoms with Crippen molar-refractivity contribution in [3.63, 3.8) is 0 Å². The zero-order chi connectivity index (χ0) is 17.0. The summed E-state index contributed by atoms with van der Waals surface area (Å²) >= 11 is 6.14. The summed E-state index contributed by atoms with van der Waals surface area (Å²) in [6.07, 6.45) is 2.18. The second kappa shape index (κ2) is 7.51. The molecule has 1 aromatic heterocycles. The average Bonchev–Trinajstić information content (AvgIpc) is 2.94. The minimum absolute atomic E-state index is 0.0300. The zero-order valence-electron chi connectivity index (χ0n) is 13.5. The summed E-state index contributed by atoms with van der Waals surface area (Å²) in [5.41, 5.74) is 0.985. The molecule has 23 heavy (non-hydrogen) atoms. The van der Waals surface area contributed by atoms with Gasteiger partial charge < -0.3 is 14.6 Å². The third-order valence-electron chi connectivity index (χ3n) is 3.78. The summed E-state index contributed by atoms with van der Waals surface area (Å²) in [5.74, 6) is -0.637. The van der Waals surface area contributed by atoms with E-state index in [1.54, 1.807) is 0 Å². The molecule has 0 aliphatic rings. The van der Waals surface area contributed by atoms with Crippen LogP contribution in [0.2, 0.25) is 5.02 Å². The van der Waals surface area contributed by atoms with Gasteiger partial charge in [-0.15, -0.1) is 0 Å². The van der Waals surface area contributed by atoms with Gasteiger partial charge in [-0.05, 0) is 24.1 Å². The Bertz CT molecular complexity index is 709. The average molecular weight is 337 g/mol. The molecule has 0 bridgehead atoms. The number of aryl methyl sites for hydroxylation is 1. The highest BCUT2D eigenvalue weighted by Crippen LogP contribution is 2.24. The quantitative estimate of drug-likeness (QED) is 0.825. The molecule has 1 unspecified atom stereocenters. The Morgan fingerprint density at radius 1 is 1.30 bits per heavy atom. The lowest BCUT2D eigenvalue weighted by Gasteiger charge is -2.19. The van der Waals surface area contributed by atoms with Crippen molar-refractivity contribution in [1.29, 1.82) is 0 Å². The highest BCUT2D eigenvalue weighted by Gasteiger charge is 2.24. The molecular formula is C17H21ClN2O3. The number of benzene rings is 1. The van der Waals surface area contributed by atoms with Gasteiger partial charge in [0.1, 0.15) is 6.04 Å². The van der Waals surface area contributed by atoms with Crippen molar-refractivity contribution in [1.82, 2.24) is 9.88 Å². The van der Waals surface area contributed by atoms with Crippen molar-refractivity contribution in [2.45, 2.75) is 32.9 Å². The lowest BCUT2D eigenvalue weighted by atomic mass is 10.0. The van der Waals surface area contributed by atoms with Crippen molar-refractivity contribution in [2.75, 3.05) is 7.11 Å². The fraction of sp³-hybridized carbons (Fsp3) is 0.412. The fourth-order valence-electron chi connectivity index (χ4n) is 2.47. The lowest BCUT2D eigenvalue weighted by molar-refractivity contribution is -0.146. The number of methoxy groups -OCH3 is 1. The smallest absolute Gasteiger partial charge is 0.328 e. The number of rotatable bonds is 6. The number of nitrogens with one attached hydrogen (secondary N) is 1. The number of amides is 1. The molecule has 0 aliphatic heterocycles. The van der Waals surface area contributed by atoms with Crippen molar-refractivity contribution < 1.29 is 14.3 Å². The second-order valence-electron chi connectivity index (χ2n) is 5.74. The molecule has 0 fully saturated rings. The number of halogens is 1. The first-order chi connectivity index (χ1) is 10.9. The molecule has 124 valence electrons. The van der Waals surface area contributed by atoms with Gasteiger partial charge in [-0.25, -0.2) is 4.79 Å². The standard InChI is InChI=1S/C17H21ClN2O3/c1-11(2)16(17(22)23-3)19-15(21)8-10-20-9-7-12-13(18)5-4-6-14(12)20/h4-7,9,11,16H,8,10H2,1-3H3,(H,19,21). The Hall–Kier alpha value is -2.01. The molecule has 0 saturated heterocycles. The van der Waals surface area contributed by atoms with E-state index in [2.05, 4.69) is 5.32 Å². The number of carbonyl (C=O) groups is 2. The first-order valence-electron chi connectivity index (χ1n) is 7.54. The van der Waals surface area contributed by atoms with Crippen molar-refractivity contribution in [3.8, 4) is 0 Å². The van der Waals surface area contributed by atoms with Crippen LogP contribution in [0.25, 0.3) is 10.9 Å². The minimum atomic E-state index is -0.622. The van der Waals surface area contributed by atoms with Crippen molar-refractivity contribution in [3.05, 3.63) is 35.5 Å². The van der Waals surface area contributed by atoms with Gasteiger partial charge in [0.2, 0.25) is 5.91 Å². The number of nitrogens with zero attached hydrogens (tertiary/aromatic N) is 1. The lowest BCUT2D eigenvalue weighted by Crippen LogP contribution is -2.45. The van der Waals surface area contributed by atoms with Crippen molar-refractivity contribution in [2.24, 2.45) is 5.92 Å². The predicted octanol–water partition coefficient (Wildman–Crippen LogP) is 3.00. The summed E-state index contributed by atoms with van der Waals surface area (Å²) in [4.78, 5) is 23.8. The number of hydrogen-bond donors (Lipinski definition) is 1. The van der Waals surface area contributed by atoms with E-state index in [4.69, 9.17) is 16.3 Å². The van der Waals surface area contributed by atoms with Crippen LogP contribution in [0, 0.1) is 5.92 Å². The van der Waals surface area contributed by atoms with Gasteiger partial charge in [-0.3, -0.25) is 4.79 Å². The Morgan fingerprint density at radius 3 is 2.70 bits per heavy atom. The normalized spacial score (nSPS) is 12.4. The summed E-state index contributed by atoms with van der Waals surface area (Å²) < 4.78 is 6.70. The van der Waals surface area contributed by atoms with Crippen LogP contribution in [0.5, 0.6) is 0 Å². The first-order valence-corrected chi connectivity index (χ1v) is 7.92. The van der Waals surface area contributed by atoms with E-state index in [0.717, 1.165) is 10.9 Å². The van der Waals surface area contributed by atoms with Gasteiger partial charge in [0.25, 0.3) is 0 Å². The number of esters is 1. The van der Waals surface area contributed by atoms with Crippen LogP contribution in [-0.4, -0.2) is 29.6 Å². The fourth-order valence-corrected chi connectivity index (χ4v) is 2.71. The Balaban J connectivity index is 2.00. The Morgan fingerprint density at radius 2 is 2.04 bits per heavy atom. The monoisotopic (exact) mass is 336 g/mol. The van der Waals surface area contributed by atoms with Gasteiger partial charge >= 0.3 is 5.97 Å². The van der Waals surface area contributed by atoms with Crippen LogP contribution in [0.4, 0.5) is 0 Å². The number of hydrogen-bond acceptors (Lipinski definition) is 3. The molecule has 2 aromatic rings. The van der Waals surface area contributed by atoms with E-state index in [1.807, 2.05) is 48.9 Å². The molecule has 0 spiro atoms. The molecule has 0 aliphatic carbocycles. The Kier molecular flexibility index (Phi) is 5.66. The van der Waals surface area contributed by atoms with Crippen LogP contribution in [0.15, 0.2) is 30.5 Å². The molecule has 6 heteroatoms. The van der Waals surface area contributed by atoms with Crippen molar-refractivity contribution >= 4 is 34.4 Å². The summed E-state index contributed by atoms with van der Waals surface area (Å²) in [5, 5.41) is 4.39. The Labute approximate surface area is 140 Å². The van der Waals surface area contributed by atoms with E-state index in [0.29, 0.717) is 11.6 Å². The second-order valence-corrected chi connectivity index (χ2v) is 6.15. The van der Waals surface area contributed by atoms with Crippen LogP contribution < -0.4 is 5.32 Å². The third kappa shape index (κ3) is 4.05. The van der Waals surface area contributed by atoms with Crippen LogP contribution >= 0.6 is 11.6 Å². The maximum absolute atomic E-state index is 12.1. The maximum atomic E-state index is 12.1. The maximum Gasteiger partial charge on any atom is 0.328 e. The number of carbonyl (C=O) groups excluding carboxylic acids is 2. The minimum Gasteiger partial charge on any atom is -0.467 e. The summed E-state index contributed by atoms with van der Waals surface area (Å²) in [6, 6.07) is 6.99. The highest BCUT2D eigenvalue weighted by atomic mass is 35.5. The van der Waals surface area contributed by atoms with Crippen LogP contribution in [0.1, 0.15) is 20.3 Å². The van der Waals surface area contributed by atoms with Crippen LogP contribution in [0.3, 0.4) is 0 Å². The highest BCUT2D eigenvalue weighted by molar-refractivity contribution is 6.35. The number of ether oxygens (including phenoxy) is 1. The molecular weight excluding hydrogens is 316 g/mol. The van der Waals surface area contributed by atoms with Gasteiger partial charge in [0, 0.05) is 35.1 Å². The largest absolute Gasteiger partial charge is 0.467 e. The van der Waals surface area contributed by atoms with Crippen LogP contribution in [-0.2, 0) is 20.9 Å². The van der Waals surface area contributed by atoms with E-state index in [1.165, 1.54) is 7.11 Å². The molecule has 2 rings (SSSR count). The first kappa shape index (κ1) is 17.3. The molecule has 1 atom stereocenters. The van der Waals surface area contributed by atoms with E-state index in [9.17, 15) is 9.59 Å². The number of fused-ring (bicyclic) bond motifs is 1. The molecule has 1 heterocycles. The van der Waals surface area contributed by atoms with E-state index in [-0.39, 0.29) is 18.2 Å². The third-order valence-corrected chi connectivity index (χ3v) is 4.11. The van der Waals surface area contributed by atoms with Gasteiger partial charge in [0.05, 0.1) is 7.11 Å². The summed E-state index contributed by atoms with van der Waals surface area (Å²) in [7, 11) is 1.32. The SMILES string of the molecule is COC(=O)C(NC(=O)CCn1ccc2c(Cl)cccc21)C(C)C. The molecule has 1 amide bonds. The topological polar surface area (TPSA) is 60.3 Å². The zero-order valence-corrected chi connectivity index (χ0v) is 14.3. The molecule has 0 radical (unpaired) electrons. The molecule has 1 aromatic carbocycles. The summed E-state index contributed by atoms with van der Waals surface area (Å²) in [6.45, 7) is 4.24. The predicted molar refractivity (Wildman–Crippen MR) is 90.3 cm³/mol. The number of aromatic nitrogens is 1. The molecule has 1 N–H and O–H groups in total. The van der Waals surface area contributed by atoms with Gasteiger partial charge in [-0.1, -0.05) is 31.5 Å². The molecule has 5 nitrogen and oxygen atoms in total. The van der Waals surface area contributed by atoms with Gasteiger partial charge in [0.15, 0.2) is 0 Å². The van der Waals surface area contributed by atoms with E-state index < -0.39 is 12.0 Å². The molecule has 0 saturated carbocycles.